The summed E-state index contributed by atoms with van der Waals surface area (Å²) >= 11 is 0. The van der Waals surface area contributed by atoms with Gasteiger partial charge in [-0.3, -0.25) is 0 Å². The smallest absolute Gasteiger partial charge is 0.0855 e. The van der Waals surface area contributed by atoms with Crippen molar-refractivity contribution in [3.63, 3.8) is 0 Å². The van der Waals surface area contributed by atoms with E-state index >= 15 is 0 Å². The highest BCUT2D eigenvalue weighted by atomic mass is 15.3. The van der Waals surface area contributed by atoms with E-state index in [0.717, 1.165) is 23.5 Å². The summed E-state index contributed by atoms with van der Waals surface area (Å²) < 4.78 is 1.81. The molecular weight excluding hydrogens is 174 g/mol. The molecule has 1 aromatic heterocycles. The molecule has 3 nitrogen and oxygen atoms in total. The number of nitrogens with zero attached hydrogens (tertiary/aromatic N) is 2. The molecule has 0 aliphatic carbocycles. The third-order valence-electron chi connectivity index (χ3n) is 2.18. The number of hydrogen-bond acceptors (Lipinski definition) is 2. The average molecular weight is 187 g/mol. The van der Waals surface area contributed by atoms with E-state index in [2.05, 4.69) is 5.10 Å². The topological polar surface area (TPSA) is 43.8 Å². The summed E-state index contributed by atoms with van der Waals surface area (Å²) in [5, 5.41) is 4.39. The molecule has 0 aliphatic heterocycles. The third-order valence-corrected chi connectivity index (χ3v) is 2.18. The third kappa shape index (κ3) is 1.48. The van der Waals surface area contributed by atoms with E-state index in [4.69, 9.17) is 5.73 Å². The first-order chi connectivity index (χ1) is 6.81. The Kier molecular flexibility index (Phi) is 2.23. The van der Waals surface area contributed by atoms with Gasteiger partial charge in [0, 0.05) is 0 Å². The van der Waals surface area contributed by atoms with Crippen LogP contribution in [0, 0.1) is 0 Å². The van der Waals surface area contributed by atoms with Gasteiger partial charge in [0.15, 0.2) is 0 Å². The Hall–Kier alpha value is -1.77. The second-order valence-electron chi connectivity index (χ2n) is 3.16. The van der Waals surface area contributed by atoms with Gasteiger partial charge in [-0.15, -0.1) is 0 Å². The van der Waals surface area contributed by atoms with Crippen molar-refractivity contribution >= 4 is 5.69 Å². The van der Waals surface area contributed by atoms with Gasteiger partial charge in [0.1, 0.15) is 0 Å². The molecule has 0 radical (unpaired) electrons. The number of aryl methyl sites for hydroxylation is 1. The van der Waals surface area contributed by atoms with Crippen LogP contribution in [0.15, 0.2) is 36.5 Å². The Labute approximate surface area is 83.2 Å². The number of hydrogen-bond donors (Lipinski definition) is 1. The zero-order valence-electron chi connectivity index (χ0n) is 8.14. The zero-order valence-corrected chi connectivity index (χ0v) is 8.14. The summed E-state index contributed by atoms with van der Waals surface area (Å²) in [6.45, 7) is 2.05. The lowest BCUT2D eigenvalue weighted by molar-refractivity contribution is 0.841. The van der Waals surface area contributed by atoms with Gasteiger partial charge in [0.2, 0.25) is 0 Å². The van der Waals surface area contributed by atoms with E-state index in [1.54, 1.807) is 0 Å². The van der Waals surface area contributed by atoms with E-state index in [1.807, 2.05) is 48.1 Å². The number of aromatic nitrogens is 2. The summed E-state index contributed by atoms with van der Waals surface area (Å²) in [5.74, 6) is 0. The Morgan fingerprint density at radius 2 is 2.00 bits per heavy atom. The first kappa shape index (κ1) is 8.81. The van der Waals surface area contributed by atoms with Crippen LogP contribution in [0.25, 0.3) is 5.69 Å². The molecule has 0 saturated carbocycles. The minimum atomic E-state index is 0.761. The molecule has 0 amide bonds. The van der Waals surface area contributed by atoms with Crippen LogP contribution in [0.3, 0.4) is 0 Å². The summed E-state index contributed by atoms with van der Waals surface area (Å²) in [7, 11) is 0. The van der Waals surface area contributed by atoms with Gasteiger partial charge in [0.05, 0.1) is 23.3 Å². The SMILES string of the molecule is CCc1nn(-c2ccccc2)cc1N. The lowest BCUT2D eigenvalue weighted by Crippen LogP contribution is -1.94. The second kappa shape index (κ2) is 3.54. The average Bonchev–Trinajstić information content (AvgIpc) is 2.61. The fraction of sp³-hybridized carbons (Fsp3) is 0.182. The highest BCUT2D eigenvalue weighted by Gasteiger charge is 2.03. The predicted molar refractivity (Wildman–Crippen MR) is 57.4 cm³/mol. The summed E-state index contributed by atoms with van der Waals surface area (Å²) in [5.41, 5.74) is 8.56. The molecule has 0 atom stereocenters. The highest BCUT2D eigenvalue weighted by Crippen LogP contribution is 2.13. The molecule has 0 fully saturated rings. The number of nitrogen functional groups attached to an aromatic ring is 1. The van der Waals surface area contributed by atoms with Crippen LogP contribution in [0.5, 0.6) is 0 Å². The van der Waals surface area contributed by atoms with Crippen molar-refractivity contribution in [3.8, 4) is 5.69 Å². The summed E-state index contributed by atoms with van der Waals surface area (Å²) in [4.78, 5) is 0. The van der Waals surface area contributed by atoms with Gasteiger partial charge in [-0.05, 0) is 18.6 Å². The Morgan fingerprint density at radius 3 is 2.57 bits per heavy atom. The molecule has 1 aromatic carbocycles. The second-order valence-corrected chi connectivity index (χ2v) is 3.16. The maximum Gasteiger partial charge on any atom is 0.0855 e. The van der Waals surface area contributed by atoms with Gasteiger partial charge in [-0.25, -0.2) is 4.68 Å². The van der Waals surface area contributed by atoms with Crippen LogP contribution in [-0.4, -0.2) is 9.78 Å². The van der Waals surface area contributed by atoms with Crippen molar-refractivity contribution < 1.29 is 0 Å². The van der Waals surface area contributed by atoms with Crippen molar-refractivity contribution in [2.45, 2.75) is 13.3 Å². The largest absolute Gasteiger partial charge is 0.396 e. The van der Waals surface area contributed by atoms with Crippen LogP contribution in [0.1, 0.15) is 12.6 Å². The van der Waals surface area contributed by atoms with Gasteiger partial charge < -0.3 is 5.73 Å². The first-order valence-corrected chi connectivity index (χ1v) is 4.70. The van der Waals surface area contributed by atoms with E-state index in [1.165, 1.54) is 0 Å². The molecule has 0 bridgehead atoms. The summed E-state index contributed by atoms with van der Waals surface area (Å²) in [6.07, 6.45) is 2.72. The number of para-hydroxylation sites is 1. The van der Waals surface area contributed by atoms with E-state index in [9.17, 15) is 0 Å². The van der Waals surface area contributed by atoms with E-state index in [-0.39, 0.29) is 0 Å². The van der Waals surface area contributed by atoms with Gasteiger partial charge in [-0.2, -0.15) is 5.10 Å². The quantitative estimate of drug-likeness (QED) is 0.781. The molecule has 0 unspecified atom stereocenters. The van der Waals surface area contributed by atoms with Crippen LogP contribution in [0.2, 0.25) is 0 Å². The van der Waals surface area contributed by atoms with Gasteiger partial charge in [-0.1, -0.05) is 25.1 Å². The van der Waals surface area contributed by atoms with Crippen LogP contribution in [-0.2, 0) is 6.42 Å². The maximum absolute atomic E-state index is 5.81. The zero-order chi connectivity index (χ0) is 9.97. The number of nitrogens with two attached hydrogens (primary N) is 1. The van der Waals surface area contributed by atoms with Crippen molar-refractivity contribution in [1.29, 1.82) is 0 Å². The minimum Gasteiger partial charge on any atom is -0.396 e. The van der Waals surface area contributed by atoms with Crippen LogP contribution >= 0.6 is 0 Å². The van der Waals surface area contributed by atoms with Gasteiger partial charge >= 0.3 is 0 Å². The predicted octanol–water partition coefficient (Wildman–Crippen LogP) is 2.02. The standard InChI is InChI=1S/C11H13N3/c1-2-11-10(12)8-14(13-11)9-6-4-3-5-7-9/h3-8H,2,12H2,1H3. The first-order valence-electron chi connectivity index (χ1n) is 4.70. The monoisotopic (exact) mass is 187 g/mol. The van der Waals surface area contributed by atoms with Crippen LogP contribution < -0.4 is 5.73 Å². The maximum atomic E-state index is 5.81. The van der Waals surface area contributed by atoms with Crippen molar-refractivity contribution in [1.82, 2.24) is 9.78 Å². The molecule has 3 heteroatoms. The molecule has 72 valence electrons. The molecule has 0 aliphatic rings. The van der Waals surface area contributed by atoms with Crippen molar-refractivity contribution in [3.05, 3.63) is 42.2 Å². The van der Waals surface area contributed by atoms with E-state index < -0.39 is 0 Å². The number of anilines is 1. The number of rotatable bonds is 2. The summed E-state index contributed by atoms with van der Waals surface area (Å²) in [6, 6.07) is 9.96. The van der Waals surface area contributed by atoms with Crippen LogP contribution in [0.4, 0.5) is 5.69 Å². The lowest BCUT2D eigenvalue weighted by atomic mass is 10.3. The fourth-order valence-corrected chi connectivity index (χ4v) is 1.41. The molecule has 2 aromatic rings. The molecule has 2 N–H and O–H groups in total. The molecule has 2 rings (SSSR count). The highest BCUT2D eigenvalue weighted by molar-refractivity contribution is 5.44. The van der Waals surface area contributed by atoms with E-state index in [0.29, 0.717) is 0 Å². The Balaban J connectivity index is 2.43. The Bertz CT molecular complexity index is 417. The van der Waals surface area contributed by atoms with Crippen molar-refractivity contribution in [2.24, 2.45) is 0 Å². The minimum absolute atomic E-state index is 0.761. The van der Waals surface area contributed by atoms with Crippen molar-refractivity contribution in [2.75, 3.05) is 5.73 Å². The Morgan fingerprint density at radius 1 is 1.29 bits per heavy atom. The number of benzene rings is 1. The fourth-order valence-electron chi connectivity index (χ4n) is 1.41. The van der Waals surface area contributed by atoms with Gasteiger partial charge in [0.25, 0.3) is 0 Å². The molecule has 1 heterocycles. The normalized spacial score (nSPS) is 10.4. The molecule has 0 saturated heterocycles. The molecule has 0 spiro atoms. The lowest BCUT2D eigenvalue weighted by Gasteiger charge is -1.98. The molecule has 14 heavy (non-hydrogen) atoms. The molecular formula is C11H13N3.